The summed E-state index contributed by atoms with van der Waals surface area (Å²) in [6.45, 7) is -0.127. The van der Waals surface area contributed by atoms with E-state index < -0.39 is 18.0 Å². The largest absolute Gasteiger partial charge is 0.441 e. The molecular formula is C18H20FN7O3. The number of carbonyl (C=O) groups excluding carboxylic acids is 1. The molecule has 0 spiro atoms. The number of halogens is 1. The fourth-order valence-electron chi connectivity index (χ4n) is 2.85. The SMILES string of the molecule is CN/N=C(\N=N)N(C)c1ccc(-c2ccc(N3C[C@H](CO)OC3=O)cc2F)cn1. The number of aliphatic hydroxyl groups excluding tert-OH is 1. The number of nitrogens with zero attached hydrogens (tertiary/aromatic N) is 5. The Labute approximate surface area is 166 Å². The van der Waals surface area contributed by atoms with E-state index in [4.69, 9.17) is 15.4 Å². The average Bonchev–Trinajstić information content (AvgIpc) is 3.12. The van der Waals surface area contributed by atoms with Crippen LogP contribution in [0.1, 0.15) is 0 Å². The summed E-state index contributed by atoms with van der Waals surface area (Å²) in [5, 5.41) is 16.3. The number of carbonyl (C=O) groups is 1. The minimum atomic E-state index is -0.621. The normalized spacial score (nSPS) is 16.6. The summed E-state index contributed by atoms with van der Waals surface area (Å²) in [4.78, 5) is 18.9. The topological polar surface area (TPSA) is 127 Å². The first-order valence-electron chi connectivity index (χ1n) is 8.69. The second-order valence-corrected chi connectivity index (χ2v) is 6.17. The summed E-state index contributed by atoms with van der Waals surface area (Å²) in [6, 6.07) is 7.74. The lowest BCUT2D eigenvalue weighted by molar-refractivity contribution is 0.0963. The van der Waals surface area contributed by atoms with E-state index in [1.54, 1.807) is 38.4 Å². The quantitative estimate of drug-likeness (QED) is 0.305. The molecule has 152 valence electrons. The maximum atomic E-state index is 14.7. The van der Waals surface area contributed by atoms with Gasteiger partial charge >= 0.3 is 6.09 Å². The number of rotatable bonds is 5. The number of aliphatic hydroxyl groups is 1. The number of anilines is 2. The molecule has 1 aliphatic heterocycles. The third kappa shape index (κ3) is 4.14. The first-order chi connectivity index (χ1) is 14.0. The summed E-state index contributed by atoms with van der Waals surface area (Å²) < 4.78 is 19.7. The predicted octanol–water partition coefficient (Wildman–Crippen LogP) is 2.16. The molecule has 29 heavy (non-hydrogen) atoms. The molecule has 0 saturated carbocycles. The van der Waals surface area contributed by atoms with E-state index in [9.17, 15) is 9.18 Å². The van der Waals surface area contributed by atoms with Gasteiger partial charge in [-0.3, -0.25) is 9.80 Å². The van der Waals surface area contributed by atoms with Crippen LogP contribution in [0.3, 0.4) is 0 Å². The van der Waals surface area contributed by atoms with Crippen LogP contribution in [-0.4, -0.2) is 55.5 Å². The van der Waals surface area contributed by atoms with Crippen molar-refractivity contribution in [1.82, 2.24) is 10.4 Å². The van der Waals surface area contributed by atoms with Crippen molar-refractivity contribution in [2.45, 2.75) is 6.10 Å². The second kappa shape index (κ2) is 8.61. The lowest BCUT2D eigenvalue weighted by atomic mass is 10.1. The van der Waals surface area contributed by atoms with Crippen LogP contribution in [-0.2, 0) is 4.74 Å². The highest BCUT2D eigenvalue weighted by atomic mass is 19.1. The molecule has 3 N–H and O–H groups in total. The Bertz CT molecular complexity index is 936. The van der Waals surface area contributed by atoms with Crippen LogP contribution >= 0.6 is 0 Å². The van der Waals surface area contributed by atoms with E-state index in [0.29, 0.717) is 22.6 Å². The molecular weight excluding hydrogens is 381 g/mol. The van der Waals surface area contributed by atoms with Gasteiger partial charge in [-0.05, 0) is 30.3 Å². The van der Waals surface area contributed by atoms with E-state index in [0.717, 1.165) is 0 Å². The first-order valence-corrected chi connectivity index (χ1v) is 8.69. The van der Waals surface area contributed by atoms with E-state index in [1.807, 2.05) is 0 Å². The molecule has 1 aromatic carbocycles. The van der Waals surface area contributed by atoms with E-state index in [-0.39, 0.29) is 19.1 Å². The smallest absolute Gasteiger partial charge is 0.414 e. The number of ether oxygens (including phenoxy) is 1. The Morgan fingerprint density at radius 1 is 1.48 bits per heavy atom. The number of pyridine rings is 1. The van der Waals surface area contributed by atoms with Gasteiger partial charge in [0.15, 0.2) is 0 Å². The van der Waals surface area contributed by atoms with Crippen molar-refractivity contribution in [1.29, 1.82) is 5.53 Å². The molecule has 0 radical (unpaired) electrons. The zero-order valence-corrected chi connectivity index (χ0v) is 15.8. The zero-order valence-electron chi connectivity index (χ0n) is 15.8. The van der Waals surface area contributed by atoms with Crippen LogP contribution < -0.4 is 15.2 Å². The molecule has 1 aliphatic rings. The van der Waals surface area contributed by atoms with Gasteiger partial charge in [0.05, 0.1) is 18.8 Å². The lowest BCUT2D eigenvalue weighted by Crippen LogP contribution is -2.26. The minimum Gasteiger partial charge on any atom is -0.441 e. The van der Waals surface area contributed by atoms with Gasteiger partial charge in [-0.15, -0.1) is 10.2 Å². The van der Waals surface area contributed by atoms with Gasteiger partial charge in [0, 0.05) is 31.4 Å². The lowest BCUT2D eigenvalue weighted by Gasteiger charge is -2.16. The van der Waals surface area contributed by atoms with Crippen molar-refractivity contribution in [3.8, 4) is 11.1 Å². The highest BCUT2D eigenvalue weighted by molar-refractivity contribution is 5.94. The molecule has 11 heteroatoms. The Morgan fingerprint density at radius 2 is 2.28 bits per heavy atom. The number of cyclic esters (lactones) is 1. The number of aromatic nitrogens is 1. The van der Waals surface area contributed by atoms with Crippen molar-refractivity contribution < 1.29 is 19.0 Å². The number of benzene rings is 1. The fraction of sp³-hybridized carbons (Fsp3) is 0.278. The van der Waals surface area contributed by atoms with E-state index >= 15 is 0 Å². The van der Waals surface area contributed by atoms with Crippen LogP contribution in [0.4, 0.5) is 20.7 Å². The Kier molecular flexibility index (Phi) is 5.98. The molecule has 1 amide bonds. The Balaban J connectivity index is 1.82. The Hall–Kier alpha value is -3.60. The molecule has 1 aromatic heterocycles. The van der Waals surface area contributed by atoms with Gasteiger partial charge < -0.3 is 15.3 Å². The molecule has 1 atom stereocenters. The number of guanidine groups is 1. The molecule has 3 rings (SSSR count). The maximum Gasteiger partial charge on any atom is 0.414 e. The molecule has 1 saturated heterocycles. The van der Waals surface area contributed by atoms with Gasteiger partial charge in [-0.25, -0.2) is 19.7 Å². The van der Waals surface area contributed by atoms with Crippen LogP contribution in [0.5, 0.6) is 0 Å². The summed E-state index contributed by atoms with van der Waals surface area (Å²) in [5.41, 5.74) is 10.9. The van der Waals surface area contributed by atoms with Crippen LogP contribution in [0.15, 0.2) is 46.7 Å². The van der Waals surface area contributed by atoms with Crippen molar-refractivity contribution >= 4 is 23.6 Å². The van der Waals surface area contributed by atoms with Gasteiger partial charge in [-0.1, -0.05) is 0 Å². The van der Waals surface area contributed by atoms with Crippen LogP contribution in [0.2, 0.25) is 0 Å². The number of hydrogen-bond acceptors (Lipinski definition) is 7. The third-order valence-corrected chi connectivity index (χ3v) is 4.36. The summed E-state index contributed by atoms with van der Waals surface area (Å²) in [7, 11) is 3.24. The predicted molar refractivity (Wildman–Crippen MR) is 104 cm³/mol. The minimum absolute atomic E-state index is 0.113. The zero-order chi connectivity index (χ0) is 21.0. The fourth-order valence-corrected chi connectivity index (χ4v) is 2.85. The molecule has 10 nitrogen and oxygen atoms in total. The molecule has 2 heterocycles. The van der Waals surface area contributed by atoms with Crippen molar-refractivity contribution in [3.05, 3.63) is 42.3 Å². The molecule has 1 fully saturated rings. The summed E-state index contributed by atoms with van der Waals surface area (Å²) >= 11 is 0. The van der Waals surface area contributed by atoms with E-state index in [2.05, 4.69) is 20.6 Å². The monoisotopic (exact) mass is 401 g/mol. The number of hydrogen-bond donors (Lipinski definition) is 3. The van der Waals surface area contributed by atoms with Crippen molar-refractivity contribution in [2.75, 3.05) is 37.0 Å². The molecule has 0 aliphatic carbocycles. The second-order valence-electron chi connectivity index (χ2n) is 6.17. The van der Waals surface area contributed by atoms with Gasteiger partial charge in [0.25, 0.3) is 5.96 Å². The molecule has 0 bridgehead atoms. The molecule has 0 unspecified atom stereocenters. The van der Waals surface area contributed by atoms with E-state index in [1.165, 1.54) is 22.1 Å². The number of amides is 1. The van der Waals surface area contributed by atoms with Crippen molar-refractivity contribution in [2.24, 2.45) is 10.2 Å². The van der Waals surface area contributed by atoms with Crippen LogP contribution in [0.25, 0.3) is 11.1 Å². The van der Waals surface area contributed by atoms with Crippen molar-refractivity contribution in [3.63, 3.8) is 0 Å². The highest BCUT2D eigenvalue weighted by Crippen LogP contribution is 2.29. The molecule has 2 aromatic rings. The highest BCUT2D eigenvalue weighted by Gasteiger charge is 2.32. The first kappa shape index (κ1) is 20.1. The third-order valence-electron chi connectivity index (χ3n) is 4.36. The van der Waals surface area contributed by atoms with Gasteiger partial charge in [0.2, 0.25) is 0 Å². The summed E-state index contributed by atoms with van der Waals surface area (Å²) in [5.74, 6) is 0.0665. The summed E-state index contributed by atoms with van der Waals surface area (Å²) in [6.07, 6.45) is 0.256. The van der Waals surface area contributed by atoms with Gasteiger partial charge in [-0.2, -0.15) is 0 Å². The average molecular weight is 401 g/mol. The number of nitrogens with one attached hydrogen (secondary N) is 2. The standard InChI is InChI=1S/C18H20FN7O3/c1-21-24-17(23-20)25(2)16-6-3-11(8-22-16)14-5-4-12(7-15(14)19)26-9-13(10-27)29-18(26)28/h3-8,13,20-21,27H,9-10H2,1-2H3/b23-20?,24-17+/t13-/m1/s1. The number of hydrazone groups is 1. The Morgan fingerprint density at radius 3 is 2.83 bits per heavy atom. The van der Waals surface area contributed by atoms with Gasteiger partial charge in [0.1, 0.15) is 17.7 Å². The van der Waals surface area contributed by atoms with Crippen LogP contribution in [0, 0.1) is 11.3 Å². The maximum absolute atomic E-state index is 14.7.